The van der Waals surface area contributed by atoms with Crippen LogP contribution in [0.1, 0.15) is 17.5 Å². The molecule has 0 unspecified atom stereocenters. The number of benzene rings is 1. The third-order valence-corrected chi connectivity index (χ3v) is 7.07. The molecule has 2 heterocycles. The molecule has 0 amide bonds. The largest absolute Gasteiger partial charge is 0.346 e. The third-order valence-electron chi connectivity index (χ3n) is 4.96. The molecule has 2 fully saturated rings. The molecule has 0 saturated carbocycles. The second-order valence-electron chi connectivity index (χ2n) is 6.83. The highest BCUT2D eigenvalue weighted by Crippen LogP contribution is 2.20. The number of nitrogens with one attached hydrogen (secondary N) is 1. The van der Waals surface area contributed by atoms with Gasteiger partial charge in [0, 0.05) is 37.9 Å². The van der Waals surface area contributed by atoms with Crippen LogP contribution in [0.25, 0.3) is 0 Å². The Bertz CT molecular complexity index is 725. The van der Waals surface area contributed by atoms with Crippen LogP contribution in [0.4, 0.5) is 5.69 Å². The zero-order valence-corrected chi connectivity index (χ0v) is 15.9. The minimum absolute atomic E-state index is 0.192. The number of rotatable bonds is 2. The van der Waals surface area contributed by atoms with Gasteiger partial charge in [-0.25, -0.2) is 8.42 Å². The molecule has 1 atom stereocenters. The Balaban J connectivity index is 1.55. The summed E-state index contributed by atoms with van der Waals surface area (Å²) in [6.45, 7) is 7.56. The van der Waals surface area contributed by atoms with E-state index in [1.807, 2.05) is 0 Å². The highest BCUT2D eigenvalue weighted by molar-refractivity contribution is 7.91. The van der Waals surface area contributed by atoms with Gasteiger partial charge in [0.15, 0.2) is 14.9 Å². The van der Waals surface area contributed by atoms with Crippen molar-refractivity contribution in [2.24, 2.45) is 0 Å². The first-order valence-electron chi connectivity index (χ1n) is 8.42. The Morgan fingerprint density at radius 2 is 1.92 bits per heavy atom. The van der Waals surface area contributed by atoms with Gasteiger partial charge in [-0.15, -0.1) is 0 Å². The zero-order chi connectivity index (χ0) is 17.3. The molecule has 3 rings (SSSR count). The Morgan fingerprint density at radius 3 is 2.54 bits per heavy atom. The maximum Gasteiger partial charge on any atom is 0.173 e. The van der Waals surface area contributed by atoms with Gasteiger partial charge in [0.05, 0.1) is 11.5 Å². The van der Waals surface area contributed by atoms with Gasteiger partial charge in [0.2, 0.25) is 0 Å². The molecule has 0 aromatic heterocycles. The standard InChI is InChI=1S/C17H25N3O2S2/c1-13-3-4-14(2)16(11-13)18-17(23)20-8-6-19(7-9-20)15-5-10-24(21,22)12-15/h3-4,11,15H,5-10,12H2,1-2H3,(H,18,23)/t15-/m0/s1. The lowest BCUT2D eigenvalue weighted by molar-refractivity contribution is 0.144. The molecule has 2 aliphatic heterocycles. The lowest BCUT2D eigenvalue weighted by Crippen LogP contribution is -2.53. The summed E-state index contributed by atoms with van der Waals surface area (Å²) < 4.78 is 23.3. The van der Waals surface area contributed by atoms with Crippen molar-refractivity contribution in [1.29, 1.82) is 0 Å². The fourth-order valence-corrected chi connectivity index (χ4v) is 5.47. The molecule has 0 aliphatic carbocycles. The molecule has 1 N–H and O–H groups in total. The monoisotopic (exact) mass is 367 g/mol. The van der Waals surface area contributed by atoms with E-state index in [2.05, 4.69) is 47.2 Å². The Hall–Kier alpha value is -1.18. The molecule has 5 nitrogen and oxygen atoms in total. The van der Waals surface area contributed by atoms with Gasteiger partial charge >= 0.3 is 0 Å². The van der Waals surface area contributed by atoms with E-state index in [0.29, 0.717) is 11.5 Å². The topological polar surface area (TPSA) is 52.6 Å². The normalized spacial score (nSPS) is 24.1. The van der Waals surface area contributed by atoms with Crippen LogP contribution in [0.5, 0.6) is 0 Å². The Morgan fingerprint density at radius 1 is 1.21 bits per heavy atom. The number of hydrogen-bond acceptors (Lipinski definition) is 4. The number of hydrogen-bond donors (Lipinski definition) is 1. The van der Waals surface area contributed by atoms with Crippen molar-refractivity contribution < 1.29 is 8.42 Å². The first-order chi connectivity index (χ1) is 11.3. The summed E-state index contributed by atoms with van der Waals surface area (Å²) in [5.74, 6) is 0.655. The first-order valence-corrected chi connectivity index (χ1v) is 10.6. The van der Waals surface area contributed by atoms with E-state index >= 15 is 0 Å². The summed E-state index contributed by atoms with van der Waals surface area (Å²) in [4.78, 5) is 4.48. The fraction of sp³-hybridized carbons (Fsp3) is 0.588. The molecule has 24 heavy (non-hydrogen) atoms. The molecule has 0 bridgehead atoms. The molecule has 1 aromatic carbocycles. The average Bonchev–Trinajstić information content (AvgIpc) is 2.91. The third kappa shape index (κ3) is 4.07. The van der Waals surface area contributed by atoms with Crippen LogP contribution in [-0.4, -0.2) is 67.1 Å². The van der Waals surface area contributed by atoms with Crippen LogP contribution in [0.15, 0.2) is 18.2 Å². The SMILES string of the molecule is Cc1ccc(C)c(NC(=S)N2CCN([C@H]3CCS(=O)(=O)C3)CC2)c1. The smallest absolute Gasteiger partial charge is 0.173 e. The van der Waals surface area contributed by atoms with Gasteiger partial charge in [-0.3, -0.25) is 4.90 Å². The van der Waals surface area contributed by atoms with E-state index in [0.717, 1.165) is 43.4 Å². The fourth-order valence-electron chi connectivity index (χ4n) is 3.42. The molecule has 0 radical (unpaired) electrons. The van der Waals surface area contributed by atoms with Crippen molar-refractivity contribution in [3.8, 4) is 0 Å². The molecule has 132 valence electrons. The molecule has 1 aromatic rings. The minimum Gasteiger partial charge on any atom is -0.346 e. The van der Waals surface area contributed by atoms with Crippen molar-refractivity contribution in [3.63, 3.8) is 0 Å². The van der Waals surface area contributed by atoms with E-state index in [-0.39, 0.29) is 6.04 Å². The van der Waals surface area contributed by atoms with Gasteiger partial charge in [-0.1, -0.05) is 12.1 Å². The number of anilines is 1. The minimum atomic E-state index is -2.82. The lowest BCUT2D eigenvalue weighted by atomic mass is 10.1. The van der Waals surface area contributed by atoms with E-state index in [1.165, 1.54) is 11.1 Å². The lowest BCUT2D eigenvalue weighted by Gasteiger charge is -2.38. The molecule has 7 heteroatoms. The predicted octanol–water partition coefficient (Wildman–Crippen LogP) is 1.80. The maximum atomic E-state index is 11.7. The van der Waals surface area contributed by atoms with Crippen molar-refractivity contribution in [2.75, 3.05) is 43.0 Å². The number of nitrogens with zero attached hydrogens (tertiary/aromatic N) is 2. The highest BCUT2D eigenvalue weighted by atomic mass is 32.2. The van der Waals surface area contributed by atoms with E-state index in [9.17, 15) is 8.42 Å². The summed E-state index contributed by atoms with van der Waals surface area (Å²) in [5, 5.41) is 4.11. The molecule has 0 spiro atoms. The first kappa shape index (κ1) is 17.6. The van der Waals surface area contributed by atoms with Crippen molar-refractivity contribution in [3.05, 3.63) is 29.3 Å². The summed E-state index contributed by atoms with van der Waals surface area (Å²) in [6.07, 6.45) is 0.771. The summed E-state index contributed by atoms with van der Waals surface area (Å²) in [6, 6.07) is 6.50. The summed E-state index contributed by atoms with van der Waals surface area (Å²) in [5.41, 5.74) is 3.44. The van der Waals surface area contributed by atoms with Crippen LogP contribution < -0.4 is 5.32 Å². The second kappa shape index (κ2) is 6.98. The Kier molecular flexibility index (Phi) is 5.13. The van der Waals surface area contributed by atoms with Gasteiger partial charge in [-0.05, 0) is 49.7 Å². The van der Waals surface area contributed by atoms with Crippen molar-refractivity contribution in [1.82, 2.24) is 9.80 Å². The molecule has 2 aliphatic rings. The number of thiocarbonyl (C=S) groups is 1. The van der Waals surface area contributed by atoms with Gasteiger partial charge in [0.1, 0.15) is 0 Å². The van der Waals surface area contributed by atoms with Gasteiger partial charge in [0.25, 0.3) is 0 Å². The van der Waals surface area contributed by atoms with Crippen LogP contribution in [0.2, 0.25) is 0 Å². The quantitative estimate of drug-likeness (QED) is 0.805. The van der Waals surface area contributed by atoms with E-state index in [1.54, 1.807) is 0 Å². The van der Waals surface area contributed by atoms with Crippen molar-refractivity contribution in [2.45, 2.75) is 26.3 Å². The van der Waals surface area contributed by atoms with Crippen LogP contribution in [0, 0.1) is 13.8 Å². The van der Waals surface area contributed by atoms with Crippen molar-refractivity contribution >= 4 is 32.9 Å². The number of piperazine rings is 1. The zero-order valence-electron chi connectivity index (χ0n) is 14.3. The van der Waals surface area contributed by atoms with Gasteiger partial charge in [-0.2, -0.15) is 0 Å². The number of aryl methyl sites for hydroxylation is 2. The summed E-state index contributed by atoms with van der Waals surface area (Å²) in [7, 11) is -2.82. The van der Waals surface area contributed by atoms with Crippen LogP contribution >= 0.6 is 12.2 Å². The predicted molar refractivity (Wildman–Crippen MR) is 102 cm³/mol. The molecular formula is C17H25N3O2S2. The number of sulfone groups is 1. The second-order valence-corrected chi connectivity index (χ2v) is 9.44. The molecule has 2 saturated heterocycles. The van der Waals surface area contributed by atoms with Crippen LogP contribution in [0.3, 0.4) is 0 Å². The maximum absolute atomic E-state index is 11.7. The van der Waals surface area contributed by atoms with E-state index < -0.39 is 9.84 Å². The summed E-state index contributed by atoms with van der Waals surface area (Å²) >= 11 is 5.57. The highest BCUT2D eigenvalue weighted by Gasteiger charge is 2.33. The Labute approximate surface area is 149 Å². The van der Waals surface area contributed by atoms with Gasteiger partial charge < -0.3 is 10.2 Å². The van der Waals surface area contributed by atoms with Crippen LogP contribution in [-0.2, 0) is 9.84 Å². The van der Waals surface area contributed by atoms with E-state index in [4.69, 9.17) is 12.2 Å². The molecular weight excluding hydrogens is 342 g/mol. The average molecular weight is 368 g/mol.